The van der Waals surface area contributed by atoms with Gasteiger partial charge in [-0.1, -0.05) is 0 Å². The topological polar surface area (TPSA) is 60.2 Å². The highest BCUT2D eigenvalue weighted by molar-refractivity contribution is 5.41. The highest BCUT2D eigenvalue weighted by atomic mass is 16.5. The number of nitrogens with zero attached hydrogens (tertiary/aromatic N) is 2. The predicted molar refractivity (Wildman–Crippen MR) is 78.0 cm³/mol. The Labute approximate surface area is 119 Å². The van der Waals surface area contributed by atoms with Crippen molar-refractivity contribution in [1.82, 2.24) is 9.97 Å². The maximum Gasteiger partial charge on any atom is 0.218 e. The molecular formula is C15H21N3O2. The number of furan rings is 1. The minimum absolute atomic E-state index is 0.0916. The summed E-state index contributed by atoms with van der Waals surface area (Å²) in [6, 6.07) is 3.95. The van der Waals surface area contributed by atoms with Crippen LogP contribution in [0.4, 0.5) is 5.82 Å². The number of hydrogen-bond acceptors (Lipinski definition) is 5. The van der Waals surface area contributed by atoms with Gasteiger partial charge in [-0.15, -0.1) is 0 Å². The second-order valence-electron chi connectivity index (χ2n) is 5.14. The van der Waals surface area contributed by atoms with Crippen molar-refractivity contribution in [2.75, 3.05) is 5.32 Å². The van der Waals surface area contributed by atoms with E-state index in [2.05, 4.69) is 22.2 Å². The van der Waals surface area contributed by atoms with E-state index in [-0.39, 0.29) is 12.1 Å². The average molecular weight is 275 g/mol. The van der Waals surface area contributed by atoms with Gasteiger partial charge in [0.2, 0.25) is 5.88 Å². The SMILES string of the molecule is Cc1cc(C(C)Nc2cc(OC(C)C)ncn2)c(C)o1. The summed E-state index contributed by atoms with van der Waals surface area (Å²) in [6.45, 7) is 9.92. The first kappa shape index (κ1) is 14.4. The van der Waals surface area contributed by atoms with E-state index in [1.165, 1.54) is 6.33 Å². The third kappa shape index (κ3) is 3.50. The number of nitrogens with one attached hydrogen (secondary N) is 1. The zero-order valence-electron chi connectivity index (χ0n) is 12.6. The highest BCUT2D eigenvalue weighted by Gasteiger charge is 2.13. The third-order valence-corrected chi connectivity index (χ3v) is 2.91. The van der Waals surface area contributed by atoms with Crippen LogP contribution in [0.3, 0.4) is 0 Å². The van der Waals surface area contributed by atoms with Crippen molar-refractivity contribution < 1.29 is 9.15 Å². The molecule has 2 aromatic heterocycles. The Balaban J connectivity index is 2.11. The molecule has 2 aromatic rings. The Morgan fingerprint density at radius 1 is 1.15 bits per heavy atom. The van der Waals surface area contributed by atoms with Crippen molar-refractivity contribution in [3.63, 3.8) is 0 Å². The van der Waals surface area contributed by atoms with Crippen LogP contribution in [0.25, 0.3) is 0 Å². The normalized spacial score (nSPS) is 12.5. The van der Waals surface area contributed by atoms with Gasteiger partial charge in [0, 0.05) is 11.6 Å². The largest absolute Gasteiger partial charge is 0.475 e. The molecule has 20 heavy (non-hydrogen) atoms. The molecular weight excluding hydrogens is 254 g/mol. The molecule has 2 heterocycles. The van der Waals surface area contributed by atoms with E-state index in [4.69, 9.17) is 9.15 Å². The van der Waals surface area contributed by atoms with Crippen LogP contribution in [0.5, 0.6) is 5.88 Å². The molecule has 0 aromatic carbocycles. The molecule has 0 radical (unpaired) electrons. The molecule has 108 valence electrons. The van der Waals surface area contributed by atoms with E-state index in [0.717, 1.165) is 22.9 Å². The van der Waals surface area contributed by atoms with Gasteiger partial charge in [-0.3, -0.25) is 0 Å². The van der Waals surface area contributed by atoms with Crippen LogP contribution in [0, 0.1) is 13.8 Å². The summed E-state index contributed by atoms with van der Waals surface area (Å²) in [5, 5.41) is 3.33. The van der Waals surface area contributed by atoms with Crippen LogP contribution in [0.15, 0.2) is 22.9 Å². The maximum absolute atomic E-state index is 5.56. The maximum atomic E-state index is 5.56. The minimum atomic E-state index is 0.0916. The monoisotopic (exact) mass is 275 g/mol. The van der Waals surface area contributed by atoms with E-state index >= 15 is 0 Å². The highest BCUT2D eigenvalue weighted by Crippen LogP contribution is 2.25. The Morgan fingerprint density at radius 2 is 1.90 bits per heavy atom. The molecule has 0 bridgehead atoms. The van der Waals surface area contributed by atoms with Crippen LogP contribution in [-0.2, 0) is 0 Å². The van der Waals surface area contributed by atoms with Crippen LogP contribution in [0.2, 0.25) is 0 Å². The molecule has 0 saturated carbocycles. The van der Waals surface area contributed by atoms with Gasteiger partial charge in [0.1, 0.15) is 23.7 Å². The van der Waals surface area contributed by atoms with Crippen LogP contribution < -0.4 is 10.1 Å². The summed E-state index contributed by atoms with van der Waals surface area (Å²) in [4.78, 5) is 8.31. The lowest BCUT2D eigenvalue weighted by Gasteiger charge is -2.15. The Kier molecular flexibility index (Phi) is 4.27. The number of rotatable bonds is 5. The molecule has 5 nitrogen and oxygen atoms in total. The zero-order valence-corrected chi connectivity index (χ0v) is 12.6. The molecule has 0 fully saturated rings. The van der Waals surface area contributed by atoms with Gasteiger partial charge in [-0.25, -0.2) is 9.97 Å². The summed E-state index contributed by atoms with van der Waals surface area (Å²) >= 11 is 0. The van der Waals surface area contributed by atoms with Gasteiger partial charge in [0.05, 0.1) is 12.1 Å². The first-order chi connectivity index (χ1) is 9.45. The number of hydrogen-bond donors (Lipinski definition) is 1. The fraction of sp³-hybridized carbons (Fsp3) is 0.467. The molecule has 0 aliphatic carbocycles. The van der Waals surface area contributed by atoms with Crippen molar-refractivity contribution >= 4 is 5.82 Å². The summed E-state index contributed by atoms with van der Waals surface area (Å²) in [5.41, 5.74) is 1.13. The number of aryl methyl sites for hydroxylation is 2. The number of ether oxygens (including phenoxy) is 1. The second kappa shape index (κ2) is 5.94. The summed E-state index contributed by atoms with van der Waals surface area (Å²) in [6.07, 6.45) is 1.59. The summed E-state index contributed by atoms with van der Waals surface area (Å²) < 4.78 is 11.1. The molecule has 1 N–H and O–H groups in total. The second-order valence-corrected chi connectivity index (χ2v) is 5.14. The van der Waals surface area contributed by atoms with E-state index in [1.807, 2.05) is 33.8 Å². The molecule has 0 aliphatic heterocycles. The van der Waals surface area contributed by atoms with Crippen molar-refractivity contribution in [3.8, 4) is 5.88 Å². The van der Waals surface area contributed by atoms with Gasteiger partial charge in [0.25, 0.3) is 0 Å². The van der Waals surface area contributed by atoms with Gasteiger partial charge in [0.15, 0.2) is 0 Å². The molecule has 5 heteroatoms. The van der Waals surface area contributed by atoms with Gasteiger partial charge < -0.3 is 14.5 Å². The minimum Gasteiger partial charge on any atom is -0.475 e. The predicted octanol–water partition coefficient (Wildman–Crippen LogP) is 3.65. The lowest BCUT2D eigenvalue weighted by Crippen LogP contribution is -2.10. The van der Waals surface area contributed by atoms with Crippen LogP contribution >= 0.6 is 0 Å². The van der Waals surface area contributed by atoms with Crippen LogP contribution in [0.1, 0.15) is 43.9 Å². The van der Waals surface area contributed by atoms with Crippen molar-refractivity contribution in [2.24, 2.45) is 0 Å². The molecule has 1 atom stereocenters. The third-order valence-electron chi connectivity index (χ3n) is 2.91. The van der Waals surface area contributed by atoms with Crippen molar-refractivity contribution in [2.45, 2.75) is 46.8 Å². The van der Waals surface area contributed by atoms with E-state index in [9.17, 15) is 0 Å². The quantitative estimate of drug-likeness (QED) is 0.902. The fourth-order valence-electron chi connectivity index (χ4n) is 2.10. The summed E-state index contributed by atoms with van der Waals surface area (Å²) in [5.74, 6) is 3.15. The molecule has 0 aliphatic rings. The van der Waals surface area contributed by atoms with E-state index in [0.29, 0.717) is 5.88 Å². The fourth-order valence-corrected chi connectivity index (χ4v) is 2.10. The molecule has 1 unspecified atom stereocenters. The lowest BCUT2D eigenvalue weighted by molar-refractivity contribution is 0.232. The molecule has 0 saturated heterocycles. The molecule has 0 spiro atoms. The smallest absolute Gasteiger partial charge is 0.218 e. The Bertz CT molecular complexity index is 578. The number of aromatic nitrogens is 2. The summed E-state index contributed by atoms with van der Waals surface area (Å²) in [7, 11) is 0. The van der Waals surface area contributed by atoms with Gasteiger partial charge in [-0.2, -0.15) is 0 Å². The first-order valence-corrected chi connectivity index (χ1v) is 6.78. The molecule has 0 amide bonds. The number of anilines is 1. The van der Waals surface area contributed by atoms with Gasteiger partial charge >= 0.3 is 0 Å². The average Bonchev–Trinajstić information content (AvgIpc) is 2.68. The first-order valence-electron chi connectivity index (χ1n) is 6.78. The van der Waals surface area contributed by atoms with Gasteiger partial charge in [-0.05, 0) is 40.7 Å². The van der Waals surface area contributed by atoms with Crippen molar-refractivity contribution in [3.05, 3.63) is 35.5 Å². The van der Waals surface area contributed by atoms with E-state index in [1.54, 1.807) is 6.07 Å². The lowest BCUT2D eigenvalue weighted by atomic mass is 10.1. The standard InChI is InChI=1S/C15H21N3O2/c1-9(2)19-15-7-14(16-8-17-15)18-11(4)13-6-10(3)20-12(13)5/h6-9,11H,1-5H3,(H,16,17,18). The Morgan fingerprint density at radius 3 is 2.50 bits per heavy atom. The van der Waals surface area contributed by atoms with E-state index < -0.39 is 0 Å². The molecule has 2 rings (SSSR count). The zero-order chi connectivity index (χ0) is 14.7. The Hall–Kier alpha value is -2.04. The van der Waals surface area contributed by atoms with Crippen molar-refractivity contribution in [1.29, 1.82) is 0 Å². The van der Waals surface area contributed by atoms with Crippen LogP contribution in [-0.4, -0.2) is 16.1 Å².